The maximum atomic E-state index is 13.2. The second-order valence-corrected chi connectivity index (χ2v) is 9.32. The molecule has 2 heterocycles. The van der Waals surface area contributed by atoms with Gasteiger partial charge in [-0.25, -0.2) is 0 Å². The average Bonchev–Trinajstić information content (AvgIpc) is 3.10. The van der Waals surface area contributed by atoms with Crippen LogP contribution in [0.5, 0.6) is 5.75 Å². The number of carbonyl (C=O) groups excluding carboxylic acids is 2. The maximum absolute atomic E-state index is 13.2. The van der Waals surface area contributed by atoms with Crippen molar-refractivity contribution in [2.24, 2.45) is 0 Å². The van der Waals surface area contributed by atoms with Gasteiger partial charge < -0.3 is 14.7 Å². The van der Waals surface area contributed by atoms with Gasteiger partial charge in [-0.05, 0) is 70.5 Å². The largest absolute Gasteiger partial charge is 0.507 e. The molecule has 4 rings (SSSR count). The molecule has 0 spiro atoms. The summed E-state index contributed by atoms with van der Waals surface area (Å²) in [6.45, 7) is 2.85. The van der Waals surface area contributed by atoms with E-state index >= 15 is 0 Å². The minimum Gasteiger partial charge on any atom is -0.507 e. The highest BCUT2D eigenvalue weighted by atomic mass is 127. The summed E-state index contributed by atoms with van der Waals surface area (Å²) in [7, 11) is 0. The first-order chi connectivity index (χ1) is 16.5. The predicted octanol–water partition coefficient (Wildman–Crippen LogP) is 5.49. The molecular weight excluding hydrogens is 543 g/mol. The van der Waals surface area contributed by atoms with Crippen molar-refractivity contribution in [1.29, 1.82) is 0 Å². The van der Waals surface area contributed by atoms with E-state index in [1.54, 1.807) is 36.7 Å². The molecule has 1 fully saturated rings. The van der Waals surface area contributed by atoms with Crippen LogP contribution in [-0.4, -0.2) is 33.3 Å². The van der Waals surface area contributed by atoms with Gasteiger partial charge >= 0.3 is 0 Å². The molecule has 0 bridgehead atoms. The summed E-state index contributed by atoms with van der Waals surface area (Å²) in [5, 5.41) is 11.3. The molecule has 0 aliphatic carbocycles. The minimum atomic E-state index is -0.720. The van der Waals surface area contributed by atoms with Crippen LogP contribution in [0.15, 0.2) is 78.6 Å². The Labute approximate surface area is 212 Å². The predicted molar refractivity (Wildman–Crippen MR) is 138 cm³/mol. The number of hydrogen-bond donors (Lipinski definition) is 1. The van der Waals surface area contributed by atoms with Gasteiger partial charge in [-0.15, -0.1) is 0 Å². The van der Waals surface area contributed by atoms with Gasteiger partial charge in [0, 0.05) is 28.1 Å². The summed E-state index contributed by atoms with van der Waals surface area (Å²) in [6, 6.07) is 17.5. The number of unbranched alkanes of at least 4 members (excludes halogenated alkanes) is 1. The lowest BCUT2D eigenvalue weighted by atomic mass is 9.95. The summed E-state index contributed by atoms with van der Waals surface area (Å²) < 4.78 is 6.80. The number of ketones is 1. The Morgan fingerprint density at radius 2 is 1.91 bits per heavy atom. The molecule has 1 N–H and O–H groups in total. The van der Waals surface area contributed by atoms with Crippen LogP contribution in [0.1, 0.15) is 42.5 Å². The summed E-state index contributed by atoms with van der Waals surface area (Å²) >= 11 is 2.21. The van der Waals surface area contributed by atoms with Crippen LogP contribution < -0.4 is 4.74 Å². The molecule has 1 aliphatic rings. The fourth-order valence-electron chi connectivity index (χ4n) is 3.95. The van der Waals surface area contributed by atoms with Crippen molar-refractivity contribution < 1.29 is 19.4 Å². The van der Waals surface area contributed by atoms with Gasteiger partial charge in [-0.3, -0.25) is 14.6 Å². The summed E-state index contributed by atoms with van der Waals surface area (Å²) in [6.07, 6.45) is 5.25. The van der Waals surface area contributed by atoms with Crippen LogP contribution in [0.3, 0.4) is 0 Å². The van der Waals surface area contributed by atoms with Gasteiger partial charge in [0.25, 0.3) is 11.7 Å². The van der Waals surface area contributed by atoms with Crippen molar-refractivity contribution in [3.63, 3.8) is 0 Å². The third-order valence-electron chi connectivity index (χ3n) is 5.68. The number of carbonyl (C=O) groups is 2. The van der Waals surface area contributed by atoms with E-state index in [0.29, 0.717) is 17.9 Å². The fourth-order valence-corrected chi connectivity index (χ4v) is 4.31. The molecule has 1 atom stereocenters. The van der Waals surface area contributed by atoms with Crippen molar-refractivity contribution in [3.05, 3.63) is 98.9 Å². The van der Waals surface area contributed by atoms with Crippen molar-refractivity contribution in [1.82, 2.24) is 9.88 Å². The highest BCUT2D eigenvalue weighted by molar-refractivity contribution is 14.1. The Bertz CT molecular complexity index is 1210. The van der Waals surface area contributed by atoms with E-state index in [1.165, 1.54) is 4.90 Å². The minimum absolute atomic E-state index is 0.0702. The smallest absolute Gasteiger partial charge is 0.295 e. The molecular formula is C27H25IN2O4. The number of aromatic nitrogens is 1. The van der Waals surface area contributed by atoms with E-state index in [2.05, 4.69) is 34.5 Å². The number of halogens is 1. The fraction of sp³-hybridized carbons (Fsp3) is 0.222. The lowest BCUT2D eigenvalue weighted by Gasteiger charge is -2.25. The van der Waals surface area contributed by atoms with Gasteiger partial charge in [0.15, 0.2) is 0 Å². The van der Waals surface area contributed by atoms with E-state index in [9.17, 15) is 14.7 Å². The number of aliphatic hydroxyl groups excluding tert-OH is 1. The second kappa shape index (κ2) is 10.8. The van der Waals surface area contributed by atoms with Gasteiger partial charge in [0.1, 0.15) is 11.5 Å². The van der Waals surface area contributed by atoms with Crippen molar-refractivity contribution in [3.8, 4) is 5.75 Å². The highest BCUT2D eigenvalue weighted by Crippen LogP contribution is 2.40. The normalized spacial score (nSPS) is 17.2. The van der Waals surface area contributed by atoms with E-state index in [0.717, 1.165) is 27.5 Å². The van der Waals surface area contributed by atoms with Gasteiger partial charge in [-0.1, -0.05) is 43.7 Å². The standard InChI is InChI=1S/C27H25IN2O4/c1-2-3-14-34-22-8-4-7-20(15-22)25(31)23-24(19-9-11-21(28)12-10-19)30(27(33)26(23)32)17-18-6-5-13-29-16-18/h4-13,15-16,24,31H,2-3,14,17H2,1H3. The molecule has 1 aliphatic heterocycles. The zero-order chi connectivity index (χ0) is 24.1. The monoisotopic (exact) mass is 568 g/mol. The average molecular weight is 568 g/mol. The van der Waals surface area contributed by atoms with E-state index < -0.39 is 17.7 Å². The number of likely N-dealkylation sites (tertiary alicyclic amines) is 1. The Hall–Kier alpha value is -3.20. The Morgan fingerprint density at radius 3 is 2.62 bits per heavy atom. The Balaban J connectivity index is 1.78. The molecule has 174 valence electrons. The number of rotatable bonds is 8. The van der Waals surface area contributed by atoms with Gasteiger partial charge in [0.2, 0.25) is 0 Å². The maximum Gasteiger partial charge on any atom is 0.295 e. The van der Waals surface area contributed by atoms with Gasteiger partial charge in [0.05, 0.1) is 18.2 Å². The number of benzene rings is 2. The van der Waals surface area contributed by atoms with Gasteiger partial charge in [-0.2, -0.15) is 0 Å². The summed E-state index contributed by atoms with van der Waals surface area (Å²) in [4.78, 5) is 32.0. The topological polar surface area (TPSA) is 79.7 Å². The quantitative estimate of drug-likeness (QED) is 0.128. The molecule has 0 radical (unpaired) electrons. The molecule has 1 unspecified atom stereocenters. The highest BCUT2D eigenvalue weighted by Gasteiger charge is 2.46. The number of hydrogen-bond acceptors (Lipinski definition) is 5. The van der Waals surface area contributed by atoms with Crippen LogP contribution in [0.4, 0.5) is 0 Å². The first kappa shape index (κ1) is 23.9. The SMILES string of the molecule is CCCCOc1cccc(C(O)=C2C(=O)C(=O)N(Cc3cccnc3)C2c2ccc(I)cc2)c1. The number of ether oxygens (including phenoxy) is 1. The first-order valence-electron chi connectivity index (χ1n) is 11.2. The van der Waals surface area contributed by atoms with Crippen molar-refractivity contribution in [2.45, 2.75) is 32.4 Å². The first-order valence-corrected chi connectivity index (χ1v) is 12.2. The Kier molecular flexibility index (Phi) is 7.62. The lowest BCUT2D eigenvalue weighted by Crippen LogP contribution is -2.29. The zero-order valence-corrected chi connectivity index (χ0v) is 20.9. The third kappa shape index (κ3) is 5.14. The number of Topliss-reactive ketones (excluding diaryl/α,β-unsaturated/α-hetero) is 1. The second-order valence-electron chi connectivity index (χ2n) is 8.07. The third-order valence-corrected chi connectivity index (χ3v) is 6.39. The molecule has 7 heteroatoms. The number of amides is 1. The van der Waals surface area contributed by atoms with E-state index in [-0.39, 0.29) is 17.9 Å². The number of aliphatic hydroxyl groups is 1. The van der Waals surface area contributed by atoms with Crippen molar-refractivity contribution >= 4 is 40.0 Å². The van der Waals surface area contributed by atoms with Crippen LogP contribution >= 0.6 is 22.6 Å². The van der Waals surface area contributed by atoms with Crippen LogP contribution in [-0.2, 0) is 16.1 Å². The van der Waals surface area contributed by atoms with Crippen molar-refractivity contribution in [2.75, 3.05) is 6.61 Å². The molecule has 3 aromatic rings. The van der Waals surface area contributed by atoms with Crippen LogP contribution in [0.2, 0.25) is 0 Å². The number of pyridine rings is 1. The van der Waals surface area contributed by atoms with Crippen LogP contribution in [0, 0.1) is 3.57 Å². The zero-order valence-electron chi connectivity index (χ0n) is 18.8. The summed E-state index contributed by atoms with van der Waals surface area (Å²) in [5.74, 6) is -0.962. The molecule has 0 saturated carbocycles. The van der Waals surface area contributed by atoms with E-state index in [1.807, 2.05) is 36.4 Å². The molecule has 6 nitrogen and oxygen atoms in total. The molecule has 34 heavy (non-hydrogen) atoms. The molecule has 1 saturated heterocycles. The molecule has 2 aromatic carbocycles. The van der Waals surface area contributed by atoms with Crippen LogP contribution in [0.25, 0.3) is 5.76 Å². The summed E-state index contributed by atoms with van der Waals surface area (Å²) in [5.41, 5.74) is 2.05. The van der Waals surface area contributed by atoms with E-state index in [4.69, 9.17) is 4.74 Å². The lowest BCUT2D eigenvalue weighted by molar-refractivity contribution is -0.140. The number of nitrogens with zero attached hydrogens (tertiary/aromatic N) is 2. The molecule has 1 aromatic heterocycles. The molecule has 1 amide bonds. The Morgan fingerprint density at radius 1 is 1.12 bits per heavy atom.